The van der Waals surface area contributed by atoms with Crippen LogP contribution in [-0.4, -0.2) is 48.1 Å². The third kappa shape index (κ3) is 5.31. The van der Waals surface area contributed by atoms with Crippen molar-refractivity contribution in [3.8, 4) is 16.2 Å². The van der Waals surface area contributed by atoms with Crippen molar-refractivity contribution in [1.82, 2.24) is 9.47 Å². The number of ether oxygens (including phenoxy) is 2. The van der Waals surface area contributed by atoms with E-state index in [9.17, 15) is 9.59 Å². The van der Waals surface area contributed by atoms with Crippen molar-refractivity contribution in [2.24, 2.45) is 0 Å². The number of anilines is 1. The summed E-state index contributed by atoms with van der Waals surface area (Å²) < 4.78 is 14.6. The first-order valence-electron chi connectivity index (χ1n) is 14.7. The molecule has 2 aliphatic heterocycles. The number of para-hydroxylation sites is 2. The number of hydrogen-bond donors (Lipinski definition) is 0. The molecule has 0 saturated heterocycles. The minimum atomic E-state index is -0.294. The van der Waals surface area contributed by atoms with Gasteiger partial charge in [-0.15, -0.1) is 0 Å². The lowest BCUT2D eigenvalue weighted by Gasteiger charge is -2.46. The number of benzene rings is 3. The van der Waals surface area contributed by atoms with Crippen LogP contribution in [0.1, 0.15) is 40.6 Å². The molecule has 224 valence electrons. The Balaban J connectivity index is 0.992. The number of carbonyl (C=O) groups is 2. The second-order valence-corrected chi connectivity index (χ2v) is 13.9. The zero-order valence-electron chi connectivity index (χ0n) is 24.2. The molecule has 1 unspecified atom stereocenters. The molecule has 4 heterocycles. The molecule has 0 fully saturated rings. The van der Waals surface area contributed by atoms with Crippen LogP contribution in [0.5, 0.6) is 5.75 Å². The third-order valence-electron chi connectivity index (χ3n) is 8.36. The molecule has 1 atom stereocenters. The first-order valence-corrected chi connectivity index (χ1v) is 17.3. The van der Waals surface area contributed by atoms with E-state index in [1.807, 2.05) is 84.7 Å². The van der Waals surface area contributed by atoms with Gasteiger partial charge >= 0.3 is 5.97 Å². The van der Waals surface area contributed by atoms with E-state index in [1.54, 1.807) is 20.7 Å². The number of amides is 1. The van der Waals surface area contributed by atoms with Crippen molar-refractivity contribution in [3.63, 3.8) is 0 Å². The third-order valence-corrected chi connectivity index (χ3v) is 11.3. The van der Waals surface area contributed by atoms with E-state index in [2.05, 4.69) is 15.5 Å². The summed E-state index contributed by atoms with van der Waals surface area (Å²) in [6, 6.07) is 26.0. The fraction of sp³-hybridized carbons (Fsp3) is 0.265. The summed E-state index contributed by atoms with van der Waals surface area (Å²) >= 11 is 5.24. The van der Waals surface area contributed by atoms with Crippen LogP contribution < -0.4 is 9.64 Å². The standard InChI is InChI=1S/C34H31N3O4S3/c1-35-27-10-4-3-9-26(27)34(39)36-17-16-25-24-8-2-5-11-28(24)37(32(25)33(35)36)21-30(38)41-19-7-6-18-40-23-14-12-22(13-15-23)29-20-31(42)44-43-29/h2-5,8-15,20,33H,6-7,16-19,21H2,1H3. The van der Waals surface area contributed by atoms with E-state index < -0.39 is 0 Å². The Hall–Kier alpha value is -3.99. The predicted molar refractivity (Wildman–Crippen MR) is 178 cm³/mol. The number of esters is 1. The van der Waals surface area contributed by atoms with Crippen LogP contribution in [0.15, 0.2) is 78.9 Å². The molecule has 7 rings (SSSR count). The van der Waals surface area contributed by atoms with Gasteiger partial charge in [0.05, 0.1) is 30.2 Å². The highest BCUT2D eigenvalue weighted by Gasteiger charge is 2.42. The lowest BCUT2D eigenvalue weighted by Crippen LogP contribution is -2.51. The van der Waals surface area contributed by atoms with Gasteiger partial charge in [0, 0.05) is 29.4 Å². The van der Waals surface area contributed by atoms with Crippen molar-refractivity contribution in [3.05, 3.63) is 99.5 Å². The van der Waals surface area contributed by atoms with Crippen LogP contribution in [0.3, 0.4) is 0 Å². The second-order valence-electron chi connectivity index (χ2n) is 11.0. The van der Waals surface area contributed by atoms with Crippen molar-refractivity contribution in [1.29, 1.82) is 0 Å². The molecular weight excluding hydrogens is 611 g/mol. The maximum absolute atomic E-state index is 13.5. The maximum Gasteiger partial charge on any atom is 0.325 e. The first-order chi connectivity index (χ1) is 21.5. The Morgan fingerprint density at radius 3 is 2.57 bits per heavy atom. The smallest absolute Gasteiger partial charge is 0.325 e. The molecule has 0 saturated carbocycles. The summed E-state index contributed by atoms with van der Waals surface area (Å²) in [5, 5.41) is 1.13. The molecule has 3 aromatic carbocycles. The van der Waals surface area contributed by atoms with E-state index in [-0.39, 0.29) is 24.6 Å². The Bertz CT molecular complexity index is 1910. The Morgan fingerprint density at radius 1 is 0.977 bits per heavy atom. The van der Waals surface area contributed by atoms with Crippen molar-refractivity contribution in [2.45, 2.75) is 32.0 Å². The molecule has 1 amide bonds. The van der Waals surface area contributed by atoms with E-state index in [1.165, 1.54) is 10.4 Å². The summed E-state index contributed by atoms with van der Waals surface area (Å²) in [4.78, 5) is 32.0. The summed E-state index contributed by atoms with van der Waals surface area (Å²) in [5.41, 5.74) is 5.92. The Kier molecular flexibility index (Phi) is 7.97. The van der Waals surface area contributed by atoms with E-state index >= 15 is 0 Å². The van der Waals surface area contributed by atoms with Gasteiger partial charge in [0.1, 0.15) is 22.3 Å². The molecule has 2 aromatic heterocycles. The number of carbonyl (C=O) groups excluding carboxylic acids is 2. The summed E-state index contributed by atoms with van der Waals surface area (Å²) in [6.07, 6.45) is 1.92. The van der Waals surface area contributed by atoms with Gasteiger partial charge in [0.15, 0.2) is 0 Å². The van der Waals surface area contributed by atoms with Crippen molar-refractivity contribution >= 4 is 61.4 Å². The quantitative estimate of drug-likeness (QED) is 0.0711. The molecule has 5 aromatic rings. The molecule has 10 heteroatoms. The predicted octanol–water partition coefficient (Wildman–Crippen LogP) is 7.71. The van der Waals surface area contributed by atoms with Crippen LogP contribution in [0, 0.1) is 3.82 Å². The molecule has 0 aliphatic carbocycles. The molecule has 2 aliphatic rings. The average Bonchev–Trinajstić information content (AvgIpc) is 3.63. The number of aromatic nitrogens is 1. The van der Waals surface area contributed by atoms with Gasteiger partial charge in [0.25, 0.3) is 5.91 Å². The number of nitrogens with zero attached hydrogens (tertiary/aromatic N) is 3. The van der Waals surface area contributed by atoms with Gasteiger partial charge in [-0.2, -0.15) is 0 Å². The van der Waals surface area contributed by atoms with Gasteiger partial charge in [-0.05, 0) is 78.9 Å². The van der Waals surface area contributed by atoms with Gasteiger partial charge in [-0.25, -0.2) is 0 Å². The minimum absolute atomic E-state index is 0.0286. The number of rotatable bonds is 9. The molecule has 0 spiro atoms. The highest BCUT2D eigenvalue weighted by Crippen LogP contribution is 2.44. The van der Waals surface area contributed by atoms with Crippen molar-refractivity contribution < 1.29 is 19.1 Å². The second kappa shape index (κ2) is 12.2. The molecule has 44 heavy (non-hydrogen) atoms. The van der Waals surface area contributed by atoms with Crippen LogP contribution in [0.4, 0.5) is 5.69 Å². The van der Waals surface area contributed by atoms with Gasteiger partial charge in [-0.1, -0.05) is 63.2 Å². The highest BCUT2D eigenvalue weighted by molar-refractivity contribution is 7.80. The summed E-state index contributed by atoms with van der Waals surface area (Å²) in [7, 11) is 5.32. The number of fused-ring (bicyclic) bond motifs is 6. The Labute approximate surface area is 268 Å². The SMILES string of the molecule is CN1c2ccccc2C(=O)N2CCc3c(n(CC(=O)OCCCCOc4ccc(-c5cc(=S)ss5)cc4)c4ccccc34)C21. The minimum Gasteiger partial charge on any atom is -0.494 e. The van der Waals surface area contributed by atoms with E-state index in [0.29, 0.717) is 31.7 Å². The zero-order chi connectivity index (χ0) is 30.2. The van der Waals surface area contributed by atoms with E-state index in [4.69, 9.17) is 21.7 Å². The lowest BCUT2D eigenvalue weighted by atomic mass is 9.96. The lowest BCUT2D eigenvalue weighted by molar-refractivity contribution is -0.144. The fourth-order valence-electron chi connectivity index (χ4n) is 6.32. The normalized spacial score (nSPS) is 15.6. The summed E-state index contributed by atoms with van der Waals surface area (Å²) in [5.74, 6) is 0.557. The van der Waals surface area contributed by atoms with Crippen LogP contribution in [0.2, 0.25) is 0 Å². The topological polar surface area (TPSA) is 64.0 Å². The van der Waals surface area contributed by atoms with Crippen molar-refractivity contribution in [2.75, 3.05) is 31.7 Å². The fourth-order valence-corrected chi connectivity index (χ4v) is 8.72. The maximum atomic E-state index is 13.5. The molecule has 0 N–H and O–H groups in total. The molecular formula is C34H31N3O4S3. The number of hydrogen-bond acceptors (Lipinski definition) is 8. The van der Waals surface area contributed by atoms with Crippen LogP contribution >= 0.6 is 32.9 Å². The van der Waals surface area contributed by atoms with Gasteiger partial charge in [-0.3, -0.25) is 9.59 Å². The molecule has 0 bridgehead atoms. The summed E-state index contributed by atoms with van der Waals surface area (Å²) in [6.45, 7) is 1.59. The van der Waals surface area contributed by atoms with Gasteiger partial charge < -0.3 is 23.8 Å². The number of unbranched alkanes of at least 4 members (excludes halogenated alkanes) is 1. The molecule has 0 radical (unpaired) electrons. The van der Waals surface area contributed by atoms with Crippen LogP contribution in [-0.2, 0) is 22.5 Å². The average molecular weight is 642 g/mol. The first kappa shape index (κ1) is 28.8. The zero-order valence-corrected chi connectivity index (χ0v) is 26.7. The monoisotopic (exact) mass is 641 g/mol. The molecule has 7 nitrogen and oxygen atoms in total. The van der Waals surface area contributed by atoms with Crippen LogP contribution in [0.25, 0.3) is 21.3 Å². The van der Waals surface area contributed by atoms with Gasteiger partial charge in [0.2, 0.25) is 0 Å². The Morgan fingerprint density at radius 2 is 1.75 bits per heavy atom. The van der Waals surface area contributed by atoms with E-state index in [0.717, 1.165) is 50.3 Å². The largest absolute Gasteiger partial charge is 0.494 e. The highest BCUT2D eigenvalue weighted by atomic mass is 32.9.